The lowest BCUT2D eigenvalue weighted by Crippen LogP contribution is -2.41. The van der Waals surface area contributed by atoms with Crippen LogP contribution in [0.1, 0.15) is 38.8 Å². The molecule has 0 unspecified atom stereocenters. The number of benzene rings is 1. The third-order valence-electron chi connectivity index (χ3n) is 4.71. The fraction of sp³-hybridized carbons (Fsp3) is 0.368. The van der Waals surface area contributed by atoms with Gasteiger partial charge in [-0.1, -0.05) is 49.6 Å². The van der Waals surface area contributed by atoms with Crippen molar-refractivity contribution in [2.75, 3.05) is 0 Å². The largest absolute Gasteiger partial charge is 0.495 e. The predicted octanol–water partition coefficient (Wildman–Crippen LogP) is 4.05. The lowest BCUT2D eigenvalue weighted by Gasteiger charge is -2.32. The molecule has 0 spiro atoms. The van der Waals surface area contributed by atoms with Crippen molar-refractivity contribution in [3.8, 4) is 0 Å². The molecule has 0 bridgehead atoms. The lowest BCUT2D eigenvalue weighted by atomic mass is 9.74. The Morgan fingerprint density at radius 2 is 1.68 bits per heavy atom. The molecule has 2 nitrogen and oxygen atoms in total. The second kappa shape index (κ2) is 5.90. The molecule has 1 aromatic carbocycles. The van der Waals surface area contributed by atoms with Gasteiger partial charge in [0.2, 0.25) is 0 Å². The minimum Gasteiger partial charge on any atom is -0.399 e. The van der Waals surface area contributed by atoms with Gasteiger partial charge in [-0.05, 0) is 56.8 Å². The second-order valence-corrected chi connectivity index (χ2v) is 6.67. The van der Waals surface area contributed by atoms with Gasteiger partial charge in [-0.2, -0.15) is 0 Å². The monoisotopic (exact) mass is 296 g/mol. The Kier molecular flexibility index (Phi) is 4.50. The van der Waals surface area contributed by atoms with Crippen LogP contribution in [0.5, 0.6) is 0 Å². The van der Waals surface area contributed by atoms with Gasteiger partial charge < -0.3 is 9.31 Å². The average molecular weight is 296 g/mol. The van der Waals surface area contributed by atoms with Crippen molar-refractivity contribution in [1.29, 1.82) is 0 Å². The van der Waals surface area contributed by atoms with Gasteiger partial charge in [0.15, 0.2) is 0 Å². The smallest absolute Gasteiger partial charge is 0.399 e. The molecule has 1 aliphatic heterocycles. The summed E-state index contributed by atoms with van der Waals surface area (Å²) in [6.07, 6.45) is 5.58. The van der Waals surface area contributed by atoms with Gasteiger partial charge in [0.1, 0.15) is 0 Å². The van der Waals surface area contributed by atoms with Crippen molar-refractivity contribution in [3.63, 3.8) is 0 Å². The molecule has 0 aromatic heterocycles. The molecule has 0 atom stereocenters. The van der Waals surface area contributed by atoms with Crippen LogP contribution in [0.4, 0.5) is 0 Å². The molecule has 0 saturated carbocycles. The van der Waals surface area contributed by atoms with Crippen molar-refractivity contribution in [2.24, 2.45) is 0 Å². The summed E-state index contributed by atoms with van der Waals surface area (Å²) in [4.78, 5) is 0. The zero-order valence-corrected chi connectivity index (χ0v) is 14.3. The van der Waals surface area contributed by atoms with E-state index in [0.29, 0.717) is 0 Å². The summed E-state index contributed by atoms with van der Waals surface area (Å²) >= 11 is 0. The highest BCUT2D eigenvalue weighted by atomic mass is 16.7. The van der Waals surface area contributed by atoms with Crippen LogP contribution in [0.3, 0.4) is 0 Å². The maximum absolute atomic E-state index is 6.17. The molecule has 0 N–H and O–H groups in total. The van der Waals surface area contributed by atoms with E-state index in [0.717, 1.165) is 22.2 Å². The van der Waals surface area contributed by atoms with Gasteiger partial charge in [0, 0.05) is 0 Å². The van der Waals surface area contributed by atoms with Gasteiger partial charge in [0.25, 0.3) is 0 Å². The first-order valence-electron chi connectivity index (χ1n) is 7.64. The number of allylic oxidation sites excluding steroid dienone is 4. The summed E-state index contributed by atoms with van der Waals surface area (Å²) < 4.78 is 12.3. The molecule has 116 valence electrons. The number of hydrogen-bond donors (Lipinski definition) is 0. The summed E-state index contributed by atoms with van der Waals surface area (Å²) in [5, 5.41) is 0. The minimum absolute atomic E-state index is 0.335. The molecule has 0 amide bonds. The summed E-state index contributed by atoms with van der Waals surface area (Å²) in [7, 11) is -0.347. The molecular formula is C19H25BO2. The molecule has 0 aliphatic carbocycles. The second-order valence-electron chi connectivity index (χ2n) is 6.67. The first-order chi connectivity index (χ1) is 10.2. The molecule has 1 fully saturated rings. The Hall–Kier alpha value is -1.58. The van der Waals surface area contributed by atoms with Gasteiger partial charge in [-0.25, -0.2) is 0 Å². The van der Waals surface area contributed by atoms with Crippen LogP contribution in [0, 0.1) is 6.92 Å². The third-order valence-corrected chi connectivity index (χ3v) is 4.71. The van der Waals surface area contributed by atoms with E-state index in [1.54, 1.807) is 6.08 Å². The molecule has 1 heterocycles. The lowest BCUT2D eigenvalue weighted by molar-refractivity contribution is 0.00578. The van der Waals surface area contributed by atoms with E-state index in [1.807, 2.05) is 18.2 Å². The molecule has 3 heteroatoms. The maximum atomic E-state index is 6.17. The summed E-state index contributed by atoms with van der Waals surface area (Å²) in [5.74, 6) is 0. The topological polar surface area (TPSA) is 18.5 Å². The summed E-state index contributed by atoms with van der Waals surface area (Å²) in [5.41, 5.74) is 3.71. The number of hydrogen-bond acceptors (Lipinski definition) is 2. The van der Waals surface area contributed by atoms with Crippen molar-refractivity contribution < 1.29 is 9.31 Å². The molecule has 0 radical (unpaired) electrons. The van der Waals surface area contributed by atoms with Gasteiger partial charge in [-0.3, -0.25) is 0 Å². The SMILES string of the molecule is C=C/C=C(\C=C)c1cccc(B2OC(C)(C)C(C)(C)O2)c1C. The molecule has 1 aromatic rings. The summed E-state index contributed by atoms with van der Waals surface area (Å²) in [6, 6.07) is 6.18. The molecular weight excluding hydrogens is 271 g/mol. The van der Waals surface area contributed by atoms with E-state index in [1.165, 1.54) is 0 Å². The zero-order valence-electron chi connectivity index (χ0n) is 14.3. The van der Waals surface area contributed by atoms with Crippen LogP contribution in [-0.2, 0) is 9.31 Å². The number of rotatable bonds is 4. The van der Waals surface area contributed by atoms with Gasteiger partial charge in [-0.15, -0.1) is 0 Å². The van der Waals surface area contributed by atoms with Gasteiger partial charge >= 0.3 is 7.12 Å². The van der Waals surface area contributed by atoms with Gasteiger partial charge in [0.05, 0.1) is 11.2 Å². The summed E-state index contributed by atoms with van der Waals surface area (Å²) in [6.45, 7) is 18.0. The highest BCUT2D eigenvalue weighted by Crippen LogP contribution is 2.37. The molecule has 22 heavy (non-hydrogen) atoms. The average Bonchev–Trinajstić information content (AvgIpc) is 2.65. The van der Waals surface area contributed by atoms with E-state index < -0.39 is 0 Å². The van der Waals surface area contributed by atoms with Crippen molar-refractivity contribution in [2.45, 2.75) is 45.8 Å². The Bertz CT molecular complexity index is 610. The normalized spacial score (nSPS) is 20.0. The first-order valence-corrected chi connectivity index (χ1v) is 7.64. The Morgan fingerprint density at radius 1 is 1.09 bits per heavy atom. The Morgan fingerprint density at radius 3 is 2.18 bits per heavy atom. The van der Waals surface area contributed by atoms with Crippen molar-refractivity contribution >= 4 is 18.2 Å². The Balaban J connectivity index is 2.45. The van der Waals surface area contributed by atoms with E-state index >= 15 is 0 Å². The highest BCUT2D eigenvalue weighted by molar-refractivity contribution is 6.62. The van der Waals surface area contributed by atoms with Crippen LogP contribution < -0.4 is 5.46 Å². The minimum atomic E-state index is -0.347. The first kappa shape index (κ1) is 16.8. The molecule has 1 saturated heterocycles. The molecule has 1 aliphatic rings. The Labute approximate surface area is 134 Å². The maximum Gasteiger partial charge on any atom is 0.495 e. The fourth-order valence-corrected chi connectivity index (χ4v) is 2.59. The van der Waals surface area contributed by atoms with Crippen molar-refractivity contribution in [1.82, 2.24) is 0 Å². The van der Waals surface area contributed by atoms with E-state index in [9.17, 15) is 0 Å². The third kappa shape index (κ3) is 2.83. The van der Waals surface area contributed by atoms with Crippen molar-refractivity contribution in [3.05, 3.63) is 60.7 Å². The molecule has 2 rings (SSSR count). The van der Waals surface area contributed by atoms with Crippen LogP contribution in [-0.4, -0.2) is 18.3 Å². The van der Waals surface area contributed by atoms with Crippen LogP contribution in [0.2, 0.25) is 0 Å². The van der Waals surface area contributed by atoms with E-state index in [-0.39, 0.29) is 18.3 Å². The predicted molar refractivity (Wildman–Crippen MR) is 95.3 cm³/mol. The van der Waals surface area contributed by atoms with Crippen LogP contribution in [0.25, 0.3) is 5.57 Å². The highest BCUT2D eigenvalue weighted by Gasteiger charge is 2.52. The quantitative estimate of drug-likeness (QED) is 0.616. The standard InChI is InChI=1S/C19H25BO2/c1-8-11-15(9-2)16-12-10-13-17(14(16)3)20-21-18(4,5)19(6,7)22-20/h8-13H,1-2H2,3-7H3/b15-11+. The van der Waals surface area contributed by atoms with Crippen LogP contribution in [0.15, 0.2) is 49.6 Å². The van der Waals surface area contributed by atoms with E-state index in [2.05, 4.69) is 59.9 Å². The zero-order chi connectivity index (χ0) is 16.5. The van der Waals surface area contributed by atoms with E-state index in [4.69, 9.17) is 9.31 Å². The van der Waals surface area contributed by atoms with Crippen LogP contribution >= 0.6 is 0 Å². The fourth-order valence-electron chi connectivity index (χ4n) is 2.59.